The summed E-state index contributed by atoms with van der Waals surface area (Å²) in [5, 5.41) is 0.451. The summed E-state index contributed by atoms with van der Waals surface area (Å²) in [6, 6.07) is 14.7. The third kappa shape index (κ3) is 3.05. The van der Waals surface area contributed by atoms with Crippen LogP contribution >= 0.6 is 22.9 Å². The number of hydrogen-bond acceptors (Lipinski definition) is 4. The smallest absolute Gasteiger partial charge is 0.326 e. The number of halogens is 1. The molecule has 3 rings (SSSR count). The first-order valence-electron chi connectivity index (χ1n) is 6.62. The highest BCUT2D eigenvalue weighted by molar-refractivity contribution is 7.16. The fourth-order valence-electron chi connectivity index (χ4n) is 2.14. The zero-order chi connectivity index (χ0) is 15.5. The van der Waals surface area contributed by atoms with Crippen LogP contribution in [0.4, 0.5) is 0 Å². The van der Waals surface area contributed by atoms with Crippen LogP contribution in [0.15, 0.2) is 53.3 Å². The fourth-order valence-corrected chi connectivity index (χ4v) is 3.39. The first kappa shape index (κ1) is 14.8. The van der Waals surface area contributed by atoms with E-state index in [1.165, 1.54) is 4.57 Å². The monoisotopic (exact) mass is 333 g/mol. The van der Waals surface area contributed by atoms with Gasteiger partial charge in [0.25, 0.3) is 0 Å². The molecule has 0 N–H and O–H groups in total. The molecule has 0 aliphatic rings. The largest absolute Gasteiger partial charge is 0.459 e. The Balaban J connectivity index is 1.77. The number of carbonyl (C=O) groups is 1. The number of hydrogen-bond donors (Lipinski definition) is 0. The van der Waals surface area contributed by atoms with Crippen LogP contribution in [0, 0.1) is 0 Å². The minimum atomic E-state index is -0.467. The zero-order valence-corrected chi connectivity index (χ0v) is 13.1. The van der Waals surface area contributed by atoms with Crippen molar-refractivity contribution in [3.8, 4) is 0 Å². The maximum absolute atomic E-state index is 12.0. The van der Waals surface area contributed by atoms with Crippen LogP contribution in [0.3, 0.4) is 0 Å². The Kier molecular flexibility index (Phi) is 4.27. The van der Waals surface area contributed by atoms with Gasteiger partial charge in [-0.05, 0) is 17.7 Å². The van der Waals surface area contributed by atoms with Crippen molar-refractivity contribution in [2.75, 3.05) is 0 Å². The molecule has 1 heterocycles. The normalized spacial score (nSPS) is 10.8. The van der Waals surface area contributed by atoms with Gasteiger partial charge < -0.3 is 4.74 Å². The molecule has 3 aromatic rings. The van der Waals surface area contributed by atoms with Gasteiger partial charge in [0.1, 0.15) is 13.2 Å². The van der Waals surface area contributed by atoms with E-state index in [4.69, 9.17) is 16.3 Å². The summed E-state index contributed by atoms with van der Waals surface area (Å²) in [4.78, 5) is 23.8. The second-order valence-electron chi connectivity index (χ2n) is 4.69. The van der Waals surface area contributed by atoms with Crippen LogP contribution in [0.5, 0.6) is 0 Å². The van der Waals surface area contributed by atoms with Crippen molar-refractivity contribution >= 4 is 39.1 Å². The molecule has 0 spiro atoms. The Morgan fingerprint density at radius 2 is 1.91 bits per heavy atom. The highest BCUT2D eigenvalue weighted by Gasteiger charge is 2.14. The molecule has 0 aliphatic carbocycles. The molecule has 0 atom stereocenters. The molecule has 6 heteroatoms. The van der Waals surface area contributed by atoms with Gasteiger partial charge in [-0.1, -0.05) is 59.3 Å². The number of para-hydroxylation sites is 1. The van der Waals surface area contributed by atoms with Gasteiger partial charge in [-0.2, -0.15) is 0 Å². The van der Waals surface area contributed by atoms with Crippen molar-refractivity contribution in [1.29, 1.82) is 0 Å². The highest BCUT2D eigenvalue weighted by Crippen LogP contribution is 2.25. The molecule has 112 valence electrons. The molecular weight excluding hydrogens is 322 g/mol. The molecule has 0 unspecified atom stereocenters. The number of nitrogens with zero attached hydrogens (tertiary/aromatic N) is 1. The number of esters is 1. The molecule has 0 fully saturated rings. The van der Waals surface area contributed by atoms with Crippen molar-refractivity contribution < 1.29 is 9.53 Å². The minimum Gasteiger partial charge on any atom is -0.459 e. The molecule has 0 saturated heterocycles. The van der Waals surface area contributed by atoms with Gasteiger partial charge in [0.15, 0.2) is 0 Å². The third-order valence-corrected chi connectivity index (χ3v) is 4.42. The van der Waals surface area contributed by atoms with Crippen molar-refractivity contribution in [3.63, 3.8) is 0 Å². The molecule has 22 heavy (non-hydrogen) atoms. The molecular formula is C16H12ClNO3S. The van der Waals surface area contributed by atoms with E-state index in [9.17, 15) is 9.59 Å². The van der Waals surface area contributed by atoms with Gasteiger partial charge >= 0.3 is 10.8 Å². The number of benzene rings is 2. The average molecular weight is 334 g/mol. The molecule has 0 aliphatic heterocycles. The lowest BCUT2D eigenvalue weighted by molar-refractivity contribution is -0.145. The Labute approximate surface area is 135 Å². The molecule has 0 saturated carbocycles. The predicted octanol–water partition coefficient (Wildman–Crippen LogP) is 3.46. The second-order valence-corrected chi connectivity index (χ2v) is 6.09. The van der Waals surface area contributed by atoms with E-state index >= 15 is 0 Å². The van der Waals surface area contributed by atoms with Crippen LogP contribution < -0.4 is 4.87 Å². The number of ether oxygens (including phenoxy) is 1. The van der Waals surface area contributed by atoms with E-state index in [-0.39, 0.29) is 18.0 Å². The average Bonchev–Trinajstić information content (AvgIpc) is 2.83. The van der Waals surface area contributed by atoms with E-state index in [1.807, 2.05) is 30.3 Å². The Morgan fingerprint density at radius 3 is 2.68 bits per heavy atom. The van der Waals surface area contributed by atoms with Gasteiger partial charge in [-0.15, -0.1) is 0 Å². The fraction of sp³-hybridized carbons (Fsp3) is 0.125. The lowest BCUT2D eigenvalue weighted by Crippen LogP contribution is -2.21. The molecule has 0 radical (unpaired) electrons. The van der Waals surface area contributed by atoms with Gasteiger partial charge in [0, 0.05) is 0 Å². The van der Waals surface area contributed by atoms with Crippen LogP contribution in [0.1, 0.15) is 5.56 Å². The van der Waals surface area contributed by atoms with Crippen LogP contribution in [-0.4, -0.2) is 10.5 Å². The highest BCUT2D eigenvalue weighted by atomic mass is 35.5. The Hall–Kier alpha value is -2.11. The lowest BCUT2D eigenvalue weighted by atomic mass is 10.2. The van der Waals surface area contributed by atoms with Crippen LogP contribution in [-0.2, 0) is 22.7 Å². The number of aromatic nitrogens is 1. The maximum atomic E-state index is 12.0. The van der Waals surface area contributed by atoms with Crippen molar-refractivity contribution in [2.45, 2.75) is 13.2 Å². The number of fused-ring (bicyclic) bond motifs is 1. The van der Waals surface area contributed by atoms with Crippen molar-refractivity contribution in [3.05, 3.63) is 68.8 Å². The Morgan fingerprint density at radius 1 is 1.14 bits per heavy atom. The van der Waals surface area contributed by atoms with Crippen molar-refractivity contribution in [2.24, 2.45) is 0 Å². The van der Waals surface area contributed by atoms with E-state index in [0.717, 1.165) is 21.6 Å². The summed E-state index contributed by atoms with van der Waals surface area (Å²) in [6.07, 6.45) is 0. The van der Waals surface area contributed by atoms with Gasteiger partial charge in [0.2, 0.25) is 0 Å². The molecule has 2 aromatic carbocycles. The lowest BCUT2D eigenvalue weighted by Gasteiger charge is -2.06. The number of rotatable bonds is 4. The first-order chi connectivity index (χ1) is 10.6. The van der Waals surface area contributed by atoms with E-state index in [1.54, 1.807) is 18.2 Å². The quantitative estimate of drug-likeness (QED) is 0.687. The summed E-state index contributed by atoms with van der Waals surface area (Å²) in [6.45, 7) is 0.0413. The summed E-state index contributed by atoms with van der Waals surface area (Å²) in [5.41, 5.74) is 1.48. The summed E-state index contributed by atoms with van der Waals surface area (Å²) in [5.74, 6) is -0.467. The zero-order valence-electron chi connectivity index (χ0n) is 11.5. The van der Waals surface area contributed by atoms with E-state index < -0.39 is 5.97 Å². The molecule has 1 aromatic heterocycles. The molecule has 0 bridgehead atoms. The summed E-state index contributed by atoms with van der Waals surface area (Å²) in [7, 11) is 0. The van der Waals surface area contributed by atoms with Gasteiger partial charge in [-0.25, -0.2) is 0 Å². The first-order valence-corrected chi connectivity index (χ1v) is 7.82. The van der Waals surface area contributed by atoms with Crippen LogP contribution in [0.25, 0.3) is 10.2 Å². The summed E-state index contributed by atoms with van der Waals surface area (Å²) >= 11 is 7.19. The molecule has 0 amide bonds. The van der Waals surface area contributed by atoms with Gasteiger partial charge in [0.05, 0.1) is 15.2 Å². The van der Waals surface area contributed by atoms with E-state index in [0.29, 0.717) is 10.5 Å². The Bertz CT molecular complexity index is 870. The van der Waals surface area contributed by atoms with Crippen LogP contribution in [0.2, 0.25) is 5.02 Å². The SMILES string of the molecule is O=C(Cn1c(=O)sc2cccc(Cl)c21)OCc1ccccc1. The number of carbonyl (C=O) groups excluding carboxylic acids is 1. The second kappa shape index (κ2) is 6.34. The maximum Gasteiger partial charge on any atom is 0.326 e. The molecule has 4 nitrogen and oxygen atoms in total. The van der Waals surface area contributed by atoms with Crippen molar-refractivity contribution in [1.82, 2.24) is 4.57 Å². The minimum absolute atomic E-state index is 0.143. The third-order valence-electron chi connectivity index (χ3n) is 3.17. The summed E-state index contributed by atoms with van der Waals surface area (Å²) < 4.78 is 7.32. The predicted molar refractivity (Wildman–Crippen MR) is 87.3 cm³/mol. The van der Waals surface area contributed by atoms with E-state index in [2.05, 4.69) is 0 Å². The topological polar surface area (TPSA) is 48.3 Å². The van der Waals surface area contributed by atoms with Gasteiger partial charge in [-0.3, -0.25) is 14.2 Å². The standard InChI is InChI=1S/C16H12ClNO3S/c17-12-7-4-8-13-15(12)18(16(20)22-13)9-14(19)21-10-11-5-2-1-3-6-11/h1-8H,9-10H2. The number of thiazole rings is 1.